The SMILES string of the molecule is O=S(=O)(Cc1ccccc1Cl)Nc1ccc2ocnc2c1. The smallest absolute Gasteiger partial charge is 0.236 e. The van der Waals surface area contributed by atoms with E-state index in [1.165, 1.54) is 6.39 Å². The second-order valence-electron chi connectivity index (χ2n) is 4.49. The van der Waals surface area contributed by atoms with Gasteiger partial charge in [0, 0.05) is 5.02 Å². The Morgan fingerprint density at radius 1 is 1.19 bits per heavy atom. The average Bonchev–Trinajstić information content (AvgIpc) is 2.88. The number of fused-ring (bicyclic) bond motifs is 1. The highest BCUT2D eigenvalue weighted by atomic mass is 35.5. The lowest BCUT2D eigenvalue weighted by Crippen LogP contribution is -2.15. The van der Waals surface area contributed by atoms with Crippen molar-refractivity contribution in [2.75, 3.05) is 4.72 Å². The first-order valence-electron chi connectivity index (χ1n) is 6.11. The molecule has 7 heteroatoms. The summed E-state index contributed by atoms with van der Waals surface area (Å²) in [6.07, 6.45) is 1.31. The van der Waals surface area contributed by atoms with E-state index < -0.39 is 10.0 Å². The highest BCUT2D eigenvalue weighted by Gasteiger charge is 2.14. The van der Waals surface area contributed by atoms with E-state index in [1.807, 2.05) is 0 Å². The number of anilines is 1. The molecule has 0 radical (unpaired) electrons. The molecule has 1 aromatic heterocycles. The zero-order chi connectivity index (χ0) is 14.9. The van der Waals surface area contributed by atoms with Gasteiger partial charge >= 0.3 is 0 Å². The minimum Gasteiger partial charge on any atom is -0.443 e. The Balaban J connectivity index is 1.84. The zero-order valence-corrected chi connectivity index (χ0v) is 12.4. The number of oxazole rings is 1. The first kappa shape index (κ1) is 13.9. The van der Waals surface area contributed by atoms with Crippen LogP contribution in [0.3, 0.4) is 0 Å². The van der Waals surface area contributed by atoms with E-state index in [2.05, 4.69) is 9.71 Å². The Kier molecular flexibility index (Phi) is 3.57. The van der Waals surface area contributed by atoms with Gasteiger partial charge in [0.15, 0.2) is 12.0 Å². The van der Waals surface area contributed by atoms with Gasteiger partial charge in [-0.2, -0.15) is 0 Å². The standard InChI is InChI=1S/C14H11ClN2O3S/c15-12-4-2-1-3-10(12)8-21(18,19)17-11-5-6-14-13(7-11)16-9-20-14/h1-7,9,17H,8H2. The fourth-order valence-electron chi connectivity index (χ4n) is 1.96. The van der Waals surface area contributed by atoms with Crippen molar-refractivity contribution < 1.29 is 12.8 Å². The van der Waals surface area contributed by atoms with Gasteiger partial charge in [0.05, 0.1) is 11.4 Å². The number of rotatable bonds is 4. The van der Waals surface area contributed by atoms with Gasteiger partial charge in [-0.3, -0.25) is 4.72 Å². The van der Waals surface area contributed by atoms with E-state index in [1.54, 1.807) is 42.5 Å². The third-order valence-electron chi connectivity index (χ3n) is 2.91. The Labute approximate surface area is 126 Å². The van der Waals surface area contributed by atoms with Crippen LogP contribution in [-0.2, 0) is 15.8 Å². The molecule has 2 aromatic carbocycles. The van der Waals surface area contributed by atoms with Gasteiger partial charge in [0.25, 0.3) is 0 Å². The second-order valence-corrected chi connectivity index (χ2v) is 6.62. The van der Waals surface area contributed by atoms with Crippen LogP contribution in [0.2, 0.25) is 5.02 Å². The Bertz CT molecular complexity index is 890. The molecule has 0 saturated carbocycles. The number of benzene rings is 2. The molecule has 1 N–H and O–H groups in total. The van der Waals surface area contributed by atoms with E-state index in [0.29, 0.717) is 27.4 Å². The Hall–Kier alpha value is -2.05. The Morgan fingerprint density at radius 3 is 2.81 bits per heavy atom. The van der Waals surface area contributed by atoms with Crippen molar-refractivity contribution in [2.45, 2.75) is 5.75 Å². The minimum absolute atomic E-state index is 0.191. The number of halogens is 1. The Morgan fingerprint density at radius 2 is 2.00 bits per heavy atom. The largest absolute Gasteiger partial charge is 0.443 e. The van der Waals surface area contributed by atoms with Gasteiger partial charge in [0.1, 0.15) is 5.52 Å². The van der Waals surface area contributed by atoms with E-state index in [9.17, 15) is 8.42 Å². The summed E-state index contributed by atoms with van der Waals surface area (Å²) in [5.74, 6) is -0.191. The number of sulfonamides is 1. The summed E-state index contributed by atoms with van der Waals surface area (Å²) in [5.41, 5.74) is 2.18. The second kappa shape index (κ2) is 5.38. The van der Waals surface area contributed by atoms with Crippen LogP contribution in [0.1, 0.15) is 5.56 Å². The zero-order valence-electron chi connectivity index (χ0n) is 10.8. The fourth-order valence-corrected chi connectivity index (χ4v) is 3.46. The van der Waals surface area contributed by atoms with Crippen LogP contribution >= 0.6 is 11.6 Å². The summed E-state index contributed by atoms with van der Waals surface area (Å²) in [4.78, 5) is 3.98. The molecule has 21 heavy (non-hydrogen) atoms. The summed E-state index contributed by atoms with van der Waals surface area (Å²) in [6.45, 7) is 0. The van der Waals surface area contributed by atoms with Gasteiger partial charge in [-0.05, 0) is 29.8 Å². The summed E-state index contributed by atoms with van der Waals surface area (Å²) >= 11 is 5.98. The average molecular weight is 323 g/mol. The predicted molar refractivity (Wildman–Crippen MR) is 81.7 cm³/mol. The number of aromatic nitrogens is 1. The first-order chi connectivity index (χ1) is 10.0. The number of nitrogens with one attached hydrogen (secondary N) is 1. The number of hydrogen-bond donors (Lipinski definition) is 1. The molecule has 3 rings (SSSR count). The summed E-state index contributed by atoms with van der Waals surface area (Å²) in [6, 6.07) is 11.7. The summed E-state index contributed by atoms with van der Waals surface area (Å²) < 4.78 is 32.0. The van der Waals surface area contributed by atoms with Crippen molar-refractivity contribution in [3.63, 3.8) is 0 Å². The molecule has 0 atom stereocenters. The van der Waals surface area contributed by atoms with Gasteiger partial charge in [0.2, 0.25) is 10.0 Å². The number of nitrogens with zero attached hydrogens (tertiary/aromatic N) is 1. The van der Waals surface area contributed by atoms with Crippen molar-refractivity contribution in [1.29, 1.82) is 0 Å². The van der Waals surface area contributed by atoms with Gasteiger partial charge in [-0.15, -0.1) is 0 Å². The van der Waals surface area contributed by atoms with E-state index in [-0.39, 0.29) is 5.75 Å². The molecule has 108 valence electrons. The van der Waals surface area contributed by atoms with Crippen LogP contribution < -0.4 is 4.72 Å². The van der Waals surface area contributed by atoms with Gasteiger partial charge in [-0.1, -0.05) is 29.8 Å². The van der Waals surface area contributed by atoms with Crippen LogP contribution in [-0.4, -0.2) is 13.4 Å². The van der Waals surface area contributed by atoms with Crippen LogP contribution in [0.4, 0.5) is 5.69 Å². The lowest BCUT2D eigenvalue weighted by atomic mass is 10.2. The molecular formula is C14H11ClN2O3S. The fraction of sp³-hybridized carbons (Fsp3) is 0.0714. The van der Waals surface area contributed by atoms with Gasteiger partial charge < -0.3 is 4.42 Å². The maximum Gasteiger partial charge on any atom is 0.236 e. The van der Waals surface area contributed by atoms with Crippen LogP contribution in [0.25, 0.3) is 11.1 Å². The van der Waals surface area contributed by atoms with E-state index in [4.69, 9.17) is 16.0 Å². The highest BCUT2D eigenvalue weighted by molar-refractivity contribution is 7.91. The topological polar surface area (TPSA) is 72.2 Å². The molecule has 0 amide bonds. The van der Waals surface area contributed by atoms with E-state index in [0.717, 1.165) is 0 Å². The predicted octanol–water partition coefficient (Wildman–Crippen LogP) is 3.42. The highest BCUT2D eigenvalue weighted by Crippen LogP contribution is 2.21. The third-order valence-corrected chi connectivity index (χ3v) is 4.51. The van der Waals surface area contributed by atoms with Crippen molar-refractivity contribution in [3.8, 4) is 0 Å². The van der Waals surface area contributed by atoms with Crippen molar-refractivity contribution in [2.24, 2.45) is 0 Å². The van der Waals surface area contributed by atoms with E-state index >= 15 is 0 Å². The molecule has 0 fully saturated rings. The molecular weight excluding hydrogens is 312 g/mol. The molecule has 1 heterocycles. The molecule has 0 bridgehead atoms. The minimum atomic E-state index is -3.55. The molecule has 0 unspecified atom stereocenters. The van der Waals surface area contributed by atoms with Crippen molar-refractivity contribution in [1.82, 2.24) is 4.98 Å². The van der Waals surface area contributed by atoms with Gasteiger partial charge in [-0.25, -0.2) is 13.4 Å². The number of hydrogen-bond acceptors (Lipinski definition) is 4. The van der Waals surface area contributed by atoms with Crippen molar-refractivity contribution >= 4 is 38.4 Å². The molecule has 0 aliphatic carbocycles. The monoisotopic (exact) mass is 322 g/mol. The molecule has 0 aliphatic heterocycles. The van der Waals surface area contributed by atoms with Crippen LogP contribution in [0, 0.1) is 0 Å². The molecule has 0 saturated heterocycles. The first-order valence-corrected chi connectivity index (χ1v) is 8.14. The molecule has 3 aromatic rings. The lowest BCUT2D eigenvalue weighted by Gasteiger charge is -2.09. The maximum absolute atomic E-state index is 12.2. The lowest BCUT2D eigenvalue weighted by molar-refractivity contribution is 0.599. The quantitative estimate of drug-likeness (QED) is 0.798. The van der Waals surface area contributed by atoms with Crippen LogP contribution in [0.5, 0.6) is 0 Å². The normalized spacial score (nSPS) is 11.7. The third kappa shape index (κ3) is 3.17. The van der Waals surface area contributed by atoms with Crippen LogP contribution in [0.15, 0.2) is 53.3 Å². The molecule has 5 nitrogen and oxygen atoms in total. The van der Waals surface area contributed by atoms with Crippen molar-refractivity contribution in [3.05, 3.63) is 59.4 Å². The molecule has 0 spiro atoms. The maximum atomic E-state index is 12.2. The summed E-state index contributed by atoms with van der Waals surface area (Å²) in [7, 11) is -3.55. The summed E-state index contributed by atoms with van der Waals surface area (Å²) in [5, 5.41) is 0.426. The molecule has 0 aliphatic rings.